The highest BCUT2D eigenvalue weighted by Crippen LogP contribution is 2.09. The molecular weight excluding hydrogens is 272 g/mol. The lowest BCUT2D eigenvalue weighted by Gasteiger charge is -2.13. The molecule has 1 unspecified atom stereocenters. The second kappa shape index (κ2) is 6.67. The minimum atomic E-state index is -3.76. The van der Waals surface area contributed by atoms with Crippen molar-refractivity contribution in [1.82, 2.24) is 9.88 Å². The van der Waals surface area contributed by atoms with Gasteiger partial charge >= 0.3 is 5.97 Å². The van der Waals surface area contributed by atoms with Gasteiger partial charge in [0.15, 0.2) is 5.76 Å². The van der Waals surface area contributed by atoms with E-state index in [0.717, 1.165) is 6.42 Å². The van der Waals surface area contributed by atoms with Gasteiger partial charge in [-0.05, 0) is 13.3 Å². The average Bonchev–Trinajstić information content (AvgIpc) is 2.68. The fourth-order valence-electron chi connectivity index (χ4n) is 1.57. The first-order valence-corrected chi connectivity index (χ1v) is 7.64. The molecule has 1 heterocycles. The Morgan fingerprint density at radius 1 is 1.58 bits per heavy atom. The molecule has 0 amide bonds. The second-order valence-electron chi connectivity index (χ2n) is 4.34. The van der Waals surface area contributed by atoms with Crippen LogP contribution < -0.4 is 4.72 Å². The van der Waals surface area contributed by atoms with E-state index in [1.807, 2.05) is 6.92 Å². The van der Waals surface area contributed by atoms with Crippen LogP contribution in [0.15, 0.2) is 10.6 Å². The van der Waals surface area contributed by atoms with Crippen LogP contribution in [0.4, 0.5) is 0 Å². The summed E-state index contributed by atoms with van der Waals surface area (Å²) in [6.07, 6.45) is 1.70. The maximum Gasteiger partial charge on any atom is 0.321 e. The van der Waals surface area contributed by atoms with Crippen LogP contribution in [0.3, 0.4) is 0 Å². The van der Waals surface area contributed by atoms with Crippen LogP contribution in [0.1, 0.15) is 37.6 Å². The van der Waals surface area contributed by atoms with Gasteiger partial charge < -0.3 is 9.63 Å². The highest BCUT2D eigenvalue weighted by atomic mass is 32.2. The van der Waals surface area contributed by atoms with Crippen molar-refractivity contribution >= 4 is 16.0 Å². The standard InChI is InChI=1S/C11H18N2O5S/c1-3-4-5-10(11(14)15)13-19(16,17)7-9-6-8(2)12-18-9/h6,10,13H,3-5,7H2,1-2H3,(H,14,15). The zero-order valence-electron chi connectivity index (χ0n) is 10.9. The lowest BCUT2D eigenvalue weighted by molar-refractivity contribution is -0.139. The molecule has 1 aromatic heterocycles. The number of nitrogens with zero attached hydrogens (tertiary/aromatic N) is 1. The van der Waals surface area contributed by atoms with Crippen molar-refractivity contribution < 1.29 is 22.8 Å². The predicted molar refractivity (Wildman–Crippen MR) is 67.9 cm³/mol. The number of aliphatic carboxylic acids is 1. The van der Waals surface area contributed by atoms with Gasteiger partial charge in [-0.25, -0.2) is 13.1 Å². The maximum absolute atomic E-state index is 11.8. The summed E-state index contributed by atoms with van der Waals surface area (Å²) < 4.78 is 30.6. The molecule has 0 fully saturated rings. The molecule has 0 aliphatic carbocycles. The van der Waals surface area contributed by atoms with E-state index in [-0.39, 0.29) is 12.2 Å². The van der Waals surface area contributed by atoms with Gasteiger partial charge in [-0.15, -0.1) is 0 Å². The van der Waals surface area contributed by atoms with Crippen LogP contribution in [0.5, 0.6) is 0 Å². The van der Waals surface area contributed by atoms with Gasteiger partial charge in [0.1, 0.15) is 11.8 Å². The van der Waals surface area contributed by atoms with Gasteiger partial charge in [0.05, 0.1) is 5.69 Å². The van der Waals surface area contributed by atoms with Gasteiger partial charge in [0.25, 0.3) is 0 Å². The highest BCUT2D eigenvalue weighted by molar-refractivity contribution is 7.88. The van der Waals surface area contributed by atoms with Crippen LogP contribution in [0.2, 0.25) is 0 Å². The number of aromatic nitrogens is 1. The van der Waals surface area contributed by atoms with Gasteiger partial charge in [0.2, 0.25) is 10.0 Å². The van der Waals surface area contributed by atoms with E-state index in [1.165, 1.54) is 6.07 Å². The molecule has 0 saturated carbocycles. The lowest BCUT2D eigenvalue weighted by atomic mass is 10.1. The topological polar surface area (TPSA) is 110 Å². The smallest absolute Gasteiger partial charge is 0.321 e. The zero-order chi connectivity index (χ0) is 14.5. The number of rotatable bonds is 8. The molecule has 0 radical (unpaired) electrons. The van der Waals surface area contributed by atoms with Gasteiger partial charge in [0, 0.05) is 6.07 Å². The van der Waals surface area contributed by atoms with Crippen molar-refractivity contribution in [2.45, 2.75) is 44.9 Å². The molecule has 0 aliphatic heterocycles. The Balaban J connectivity index is 2.68. The number of sulfonamides is 1. The van der Waals surface area contributed by atoms with Gasteiger partial charge in [-0.1, -0.05) is 24.9 Å². The number of aryl methyl sites for hydroxylation is 1. The summed E-state index contributed by atoms with van der Waals surface area (Å²) >= 11 is 0. The highest BCUT2D eigenvalue weighted by Gasteiger charge is 2.24. The van der Waals surface area contributed by atoms with E-state index in [2.05, 4.69) is 9.88 Å². The molecule has 19 heavy (non-hydrogen) atoms. The molecule has 2 N–H and O–H groups in total. The summed E-state index contributed by atoms with van der Waals surface area (Å²) in [5.74, 6) is -1.40. The minimum absolute atomic E-state index is 0.185. The van der Waals surface area contributed by atoms with E-state index in [0.29, 0.717) is 12.1 Å². The van der Waals surface area contributed by atoms with Gasteiger partial charge in [-0.2, -0.15) is 0 Å². The Hall–Kier alpha value is -1.41. The summed E-state index contributed by atoms with van der Waals surface area (Å²) in [6.45, 7) is 3.58. The Kier molecular flexibility index (Phi) is 5.49. The Labute approximate surface area is 112 Å². The average molecular weight is 290 g/mol. The van der Waals surface area contributed by atoms with Crippen molar-refractivity contribution in [3.05, 3.63) is 17.5 Å². The summed E-state index contributed by atoms with van der Waals surface area (Å²) in [4.78, 5) is 11.0. The Bertz CT molecular complexity index is 523. The van der Waals surface area contributed by atoms with E-state index in [4.69, 9.17) is 9.63 Å². The van der Waals surface area contributed by atoms with Crippen molar-refractivity contribution in [1.29, 1.82) is 0 Å². The normalized spacial score (nSPS) is 13.4. The third-order valence-electron chi connectivity index (χ3n) is 2.48. The first-order valence-electron chi connectivity index (χ1n) is 5.99. The second-order valence-corrected chi connectivity index (χ2v) is 6.10. The molecule has 8 heteroatoms. The van der Waals surface area contributed by atoms with Crippen LogP contribution in [-0.2, 0) is 20.6 Å². The quantitative estimate of drug-likeness (QED) is 0.740. The maximum atomic E-state index is 11.8. The van der Waals surface area contributed by atoms with Gasteiger partial charge in [-0.3, -0.25) is 4.79 Å². The first-order chi connectivity index (χ1) is 8.84. The molecule has 1 atom stereocenters. The molecule has 1 aromatic rings. The number of carboxylic acids is 1. The molecule has 0 aromatic carbocycles. The van der Waals surface area contributed by atoms with Crippen LogP contribution >= 0.6 is 0 Å². The van der Waals surface area contributed by atoms with Crippen molar-refractivity contribution in [3.63, 3.8) is 0 Å². The summed E-state index contributed by atoms with van der Waals surface area (Å²) in [5, 5.41) is 12.6. The molecule has 1 rings (SSSR count). The summed E-state index contributed by atoms with van der Waals surface area (Å²) in [7, 11) is -3.76. The fourth-order valence-corrected chi connectivity index (χ4v) is 2.82. The minimum Gasteiger partial charge on any atom is -0.480 e. The number of hydrogen-bond acceptors (Lipinski definition) is 5. The number of hydrogen-bond donors (Lipinski definition) is 2. The molecule has 7 nitrogen and oxygen atoms in total. The molecular formula is C11H18N2O5S. The van der Waals surface area contributed by atoms with Crippen molar-refractivity contribution in [3.8, 4) is 0 Å². The third-order valence-corrected chi connectivity index (χ3v) is 3.78. The van der Waals surface area contributed by atoms with E-state index in [9.17, 15) is 13.2 Å². The van der Waals surface area contributed by atoms with E-state index >= 15 is 0 Å². The number of carbonyl (C=O) groups is 1. The molecule has 0 bridgehead atoms. The molecule has 0 saturated heterocycles. The van der Waals surface area contributed by atoms with Crippen LogP contribution in [-0.4, -0.2) is 30.7 Å². The number of carboxylic acid groups (broad SMARTS) is 1. The third kappa shape index (κ3) is 5.39. The fraction of sp³-hybridized carbons (Fsp3) is 0.636. The SMILES string of the molecule is CCCCC(NS(=O)(=O)Cc1cc(C)no1)C(=O)O. The molecule has 108 valence electrons. The van der Waals surface area contributed by atoms with E-state index in [1.54, 1.807) is 6.92 Å². The lowest BCUT2D eigenvalue weighted by Crippen LogP contribution is -2.41. The zero-order valence-corrected chi connectivity index (χ0v) is 11.7. The monoisotopic (exact) mass is 290 g/mol. The number of nitrogens with one attached hydrogen (secondary N) is 1. The summed E-state index contributed by atoms with van der Waals surface area (Å²) in [5.41, 5.74) is 0.575. The summed E-state index contributed by atoms with van der Waals surface area (Å²) in [6, 6.07) is 0.398. The van der Waals surface area contributed by atoms with Crippen molar-refractivity contribution in [2.75, 3.05) is 0 Å². The predicted octanol–water partition coefficient (Wildman–Crippen LogP) is 1.05. The van der Waals surface area contributed by atoms with Crippen molar-refractivity contribution in [2.24, 2.45) is 0 Å². The molecule has 0 spiro atoms. The Morgan fingerprint density at radius 3 is 2.74 bits per heavy atom. The largest absolute Gasteiger partial charge is 0.480 e. The molecule has 0 aliphatic rings. The number of unbranched alkanes of at least 4 members (excludes halogenated alkanes) is 1. The van der Waals surface area contributed by atoms with E-state index < -0.39 is 27.8 Å². The van der Waals surface area contributed by atoms with Crippen LogP contribution in [0.25, 0.3) is 0 Å². The van der Waals surface area contributed by atoms with Crippen LogP contribution in [0, 0.1) is 6.92 Å². The Morgan fingerprint density at radius 2 is 2.26 bits per heavy atom. The first kappa shape index (κ1) is 15.6.